The molecule has 0 bridgehead atoms. The molecular weight excluding hydrogens is 232 g/mol. The van der Waals surface area contributed by atoms with Crippen LogP contribution in [0.3, 0.4) is 0 Å². The number of nitrogens with zero attached hydrogens (tertiary/aromatic N) is 1. The summed E-state index contributed by atoms with van der Waals surface area (Å²) in [5, 5.41) is 3.37. The van der Waals surface area contributed by atoms with Crippen LogP contribution >= 0.6 is 15.9 Å². The number of hydrogen-bond donors (Lipinski definition) is 3. The summed E-state index contributed by atoms with van der Waals surface area (Å²) in [5.74, 6) is 1.05. The van der Waals surface area contributed by atoms with Gasteiger partial charge in [-0.15, -0.1) is 0 Å². The smallest absolute Gasteiger partial charge is 0.124 e. The van der Waals surface area contributed by atoms with Gasteiger partial charge in [-0.05, 0) is 42.4 Å². The van der Waals surface area contributed by atoms with Crippen molar-refractivity contribution in [3.63, 3.8) is 0 Å². The molecule has 13 heavy (non-hydrogen) atoms. The molecular formula is C8H15BrN4. The van der Waals surface area contributed by atoms with Crippen molar-refractivity contribution in [2.24, 2.45) is 5.73 Å². The highest BCUT2D eigenvalue weighted by atomic mass is 79.9. The number of aromatic amines is 1. The third kappa shape index (κ3) is 2.79. The number of rotatable bonds is 1. The molecule has 0 aliphatic carbocycles. The van der Waals surface area contributed by atoms with Gasteiger partial charge in [-0.2, -0.15) is 0 Å². The van der Waals surface area contributed by atoms with Crippen LogP contribution in [0.5, 0.6) is 0 Å². The Morgan fingerprint density at radius 1 is 1.62 bits per heavy atom. The summed E-state index contributed by atoms with van der Waals surface area (Å²) in [6.07, 6.45) is 4.25. The minimum atomic E-state index is 0.446. The van der Waals surface area contributed by atoms with E-state index < -0.39 is 0 Å². The van der Waals surface area contributed by atoms with Crippen LogP contribution in [-0.2, 0) is 0 Å². The molecule has 1 atom stereocenters. The van der Waals surface area contributed by atoms with Gasteiger partial charge in [0.1, 0.15) is 10.4 Å². The molecule has 0 spiro atoms. The molecule has 5 heteroatoms. The van der Waals surface area contributed by atoms with Crippen LogP contribution in [0.2, 0.25) is 0 Å². The summed E-state index contributed by atoms with van der Waals surface area (Å²) in [7, 11) is 1.50. The van der Waals surface area contributed by atoms with Crippen molar-refractivity contribution in [1.29, 1.82) is 0 Å². The highest BCUT2D eigenvalue weighted by Gasteiger charge is 2.18. The minimum Gasteiger partial charge on any atom is -0.335 e. The predicted octanol–water partition coefficient (Wildman–Crippen LogP) is 1.17. The molecule has 0 aromatic carbocycles. The lowest BCUT2D eigenvalue weighted by Gasteiger charge is -2.04. The van der Waals surface area contributed by atoms with E-state index in [0.29, 0.717) is 6.04 Å². The molecule has 0 radical (unpaired) electrons. The van der Waals surface area contributed by atoms with E-state index >= 15 is 0 Å². The molecule has 4 nitrogen and oxygen atoms in total. The van der Waals surface area contributed by atoms with E-state index in [1.807, 2.05) is 0 Å². The Balaban J connectivity index is 0.000000396. The van der Waals surface area contributed by atoms with Gasteiger partial charge in [0.25, 0.3) is 0 Å². The van der Waals surface area contributed by atoms with Gasteiger partial charge >= 0.3 is 0 Å². The highest BCUT2D eigenvalue weighted by Crippen LogP contribution is 2.21. The molecule has 2 heterocycles. The number of aromatic nitrogens is 2. The first-order valence-electron chi connectivity index (χ1n) is 4.38. The maximum atomic E-state index is 4.50. The second-order valence-corrected chi connectivity index (χ2v) is 3.62. The maximum absolute atomic E-state index is 4.50. The Kier molecular flexibility index (Phi) is 4.41. The third-order valence-corrected chi connectivity index (χ3v) is 2.36. The fourth-order valence-electron chi connectivity index (χ4n) is 1.41. The van der Waals surface area contributed by atoms with Crippen LogP contribution in [0.25, 0.3) is 0 Å². The lowest BCUT2D eigenvalue weighted by molar-refractivity contribution is 0.612. The number of imidazole rings is 1. The Morgan fingerprint density at radius 2 is 2.38 bits per heavy atom. The van der Waals surface area contributed by atoms with Gasteiger partial charge in [-0.3, -0.25) is 0 Å². The number of H-pyrrole nitrogens is 1. The van der Waals surface area contributed by atoms with E-state index in [1.54, 1.807) is 6.20 Å². The van der Waals surface area contributed by atoms with Gasteiger partial charge in [0.2, 0.25) is 0 Å². The molecule has 1 aromatic heterocycles. The minimum absolute atomic E-state index is 0.446. The normalized spacial score (nSPS) is 21.0. The number of hydrogen-bond acceptors (Lipinski definition) is 3. The van der Waals surface area contributed by atoms with Crippen molar-refractivity contribution in [2.45, 2.75) is 18.9 Å². The summed E-state index contributed by atoms with van der Waals surface area (Å²) in [6, 6.07) is 0.446. The van der Waals surface area contributed by atoms with Gasteiger partial charge in [-0.25, -0.2) is 4.98 Å². The molecule has 2 rings (SSSR count). The van der Waals surface area contributed by atoms with E-state index in [1.165, 1.54) is 19.9 Å². The topological polar surface area (TPSA) is 66.7 Å². The Hall–Kier alpha value is -0.390. The monoisotopic (exact) mass is 246 g/mol. The molecule has 0 saturated carbocycles. The first-order chi connectivity index (χ1) is 6.36. The van der Waals surface area contributed by atoms with Crippen molar-refractivity contribution in [3.05, 3.63) is 16.6 Å². The molecule has 1 aliphatic rings. The average Bonchev–Trinajstić information content (AvgIpc) is 2.77. The summed E-state index contributed by atoms with van der Waals surface area (Å²) in [6.45, 7) is 1.11. The predicted molar refractivity (Wildman–Crippen MR) is 56.4 cm³/mol. The molecule has 1 fully saturated rings. The molecule has 1 unspecified atom stereocenters. The Labute approximate surface area is 86.4 Å². The van der Waals surface area contributed by atoms with Crippen molar-refractivity contribution >= 4 is 15.9 Å². The molecule has 4 N–H and O–H groups in total. The van der Waals surface area contributed by atoms with Crippen molar-refractivity contribution in [1.82, 2.24) is 15.3 Å². The van der Waals surface area contributed by atoms with Crippen LogP contribution in [-0.4, -0.2) is 23.6 Å². The van der Waals surface area contributed by atoms with Crippen LogP contribution in [0, 0.1) is 0 Å². The summed E-state index contributed by atoms with van der Waals surface area (Å²) < 4.78 is 0.959. The van der Waals surface area contributed by atoms with Crippen LogP contribution < -0.4 is 11.1 Å². The van der Waals surface area contributed by atoms with Gasteiger partial charge in [0, 0.05) is 0 Å². The molecule has 1 saturated heterocycles. The van der Waals surface area contributed by atoms with Crippen molar-refractivity contribution in [3.8, 4) is 0 Å². The number of halogens is 1. The van der Waals surface area contributed by atoms with Crippen LogP contribution in [0.1, 0.15) is 24.7 Å². The first-order valence-corrected chi connectivity index (χ1v) is 5.17. The fourth-order valence-corrected chi connectivity index (χ4v) is 1.71. The van der Waals surface area contributed by atoms with Crippen LogP contribution in [0.4, 0.5) is 0 Å². The SMILES string of the molecule is Brc1cnc(C2CCCN2)[nH]1.CN. The second kappa shape index (κ2) is 5.36. The van der Waals surface area contributed by atoms with E-state index in [2.05, 4.69) is 36.9 Å². The second-order valence-electron chi connectivity index (χ2n) is 2.77. The lowest BCUT2D eigenvalue weighted by Crippen LogP contribution is -2.13. The van der Waals surface area contributed by atoms with Gasteiger partial charge < -0.3 is 16.0 Å². The summed E-state index contributed by atoms with van der Waals surface area (Å²) in [5.41, 5.74) is 4.50. The molecule has 0 amide bonds. The first kappa shape index (κ1) is 10.7. The van der Waals surface area contributed by atoms with Gasteiger partial charge in [0.15, 0.2) is 0 Å². The summed E-state index contributed by atoms with van der Waals surface area (Å²) in [4.78, 5) is 7.39. The number of nitrogens with one attached hydrogen (secondary N) is 2. The van der Waals surface area contributed by atoms with Crippen molar-refractivity contribution < 1.29 is 0 Å². The maximum Gasteiger partial charge on any atom is 0.124 e. The van der Waals surface area contributed by atoms with E-state index in [4.69, 9.17) is 0 Å². The summed E-state index contributed by atoms with van der Waals surface area (Å²) >= 11 is 3.33. The number of nitrogens with two attached hydrogens (primary N) is 1. The van der Waals surface area contributed by atoms with E-state index in [0.717, 1.165) is 17.0 Å². The standard InChI is InChI=1S/C7H10BrN3.CH5N/c8-6-4-10-7(11-6)5-2-1-3-9-5;1-2/h4-5,9H,1-3H2,(H,10,11);2H2,1H3. The molecule has 74 valence electrons. The van der Waals surface area contributed by atoms with E-state index in [-0.39, 0.29) is 0 Å². The highest BCUT2D eigenvalue weighted by molar-refractivity contribution is 9.10. The van der Waals surface area contributed by atoms with Crippen molar-refractivity contribution in [2.75, 3.05) is 13.6 Å². The lowest BCUT2D eigenvalue weighted by atomic mass is 10.2. The largest absolute Gasteiger partial charge is 0.335 e. The van der Waals surface area contributed by atoms with Gasteiger partial charge in [-0.1, -0.05) is 0 Å². The molecule has 1 aromatic rings. The van der Waals surface area contributed by atoms with E-state index in [9.17, 15) is 0 Å². The Morgan fingerprint density at radius 3 is 2.85 bits per heavy atom. The zero-order valence-corrected chi connectivity index (χ0v) is 9.26. The zero-order chi connectivity index (χ0) is 9.68. The average molecular weight is 247 g/mol. The third-order valence-electron chi connectivity index (χ3n) is 1.95. The fraction of sp³-hybridized carbons (Fsp3) is 0.625. The zero-order valence-electron chi connectivity index (χ0n) is 7.68. The quantitative estimate of drug-likeness (QED) is 0.697. The Bertz CT molecular complexity index is 242. The van der Waals surface area contributed by atoms with Gasteiger partial charge in [0.05, 0.1) is 12.2 Å². The van der Waals surface area contributed by atoms with Crippen LogP contribution in [0.15, 0.2) is 10.8 Å². The molecule has 1 aliphatic heterocycles.